The van der Waals surface area contributed by atoms with Crippen LogP contribution in [0.1, 0.15) is 54.4 Å². The second kappa shape index (κ2) is 7.66. The molecule has 1 aromatic carbocycles. The van der Waals surface area contributed by atoms with Crippen molar-refractivity contribution in [1.82, 2.24) is 25.0 Å². The Kier molecular flexibility index (Phi) is 4.89. The van der Waals surface area contributed by atoms with E-state index in [2.05, 4.69) is 49.2 Å². The molecule has 0 radical (unpaired) electrons. The summed E-state index contributed by atoms with van der Waals surface area (Å²) in [5.74, 6) is 3.46. The van der Waals surface area contributed by atoms with Crippen molar-refractivity contribution in [2.45, 2.75) is 57.5 Å². The van der Waals surface area contributed by atoms with Crippen LogP contribution >= 0.6 is 0 Å². The molecule has 6 heteroatoms. The predicted molar refractivity (Wildman–Crippen MR) is 107 cm³/mol. The predicted octanol–water partition coefficient (Wildman–Crippen LogP) is 2.28. The lowest BCUT2D eigenvalue weighted by Gasteiger charge is -2.33. The molecule has 6 nitrogen and oxygen atoms in total. The normalized spacial score (nSPS) is 22.6. The second-order valence-electron chi connectivity index (χ2n) is 8.54. The first-order valence-electron chi connectivity index (χ1n) is 10.7. The van der Waals surface area contributed by atoms with Gasteiger partial charge in [0.1, 0.15) is 11.6 Å². The first-order chi connectivity index (χ1) is 13.8. The lowest BCUT2D eigenvalue weighted by molar-refractivity contribution is -0.133. The number of hydrogen-bond acceptors (Lipinski definition) is 4. The summed E-state index contributed by atoms with van der Waals surface area (Å²) in [7, 11) is 0. The van der Waals surface area contributed by atoms with Crippen LogP contribution in [-0.4, -0.2) is 45.2 Å². The molecule has 0 bridgehead atoms. The number of hydrogen-bond donors (Lipinski definition) is 1. The molecule has 2 aliphatic heterocycles. The van der Waals surface area contributed by atoms with Crippen LogP contribution < -0.4 is 5.32 Å². The van der Waals surface area contributed by atoms with Gasteiger partial charge in [0.05, 0.1) is 6.54 Å². The minimum atomic E-state index is 0.343. The molecular weight excluding hydrogens is 350 g/mol. The van der Waals surface area contributed by atoms with Crippen molar-refractivity contribution in [3.63, 3.8) is 0 Å². The average molecular weight is 380 g/mol. The van der Waals surface area contributed by atoms with Gasteiger partial charge in [0, 0.05) is 38.5 Å². The van der Waals surface area contributed by atoms with Crippen LogP contribution in [0, 0.1) is 5.92 Å². The summed E-state index contributed by atoms with van der Waals surface area (Å²) in [6.07, 6.45) is 6.01. The molecule has 2 aromatic rings. The van der Waals surface area contributed by atoms with Gasteiger partial charge in [-0.15, -0.1) is 10.2 Å². The second-order valence-corrected chi connectivity index (χ2v) is 8.54. The van der Waals surface area contributed by atoms with Gasteiger partial charge >= 0.3 is 0 Å². The average Bonchev–Trinajstić information content (AvgIpc) is 3.18. The Morgan fingerprint density at radius 3 is 2.75 bits per heavy atom. The molecule has 3 aliphatic rings. The van der Waals surface area contributed by atoms with E-state index < -0.39 is 0 Å². The highest BCUT2D eigenvalue weighted by atomic mass is 16.2. The monoisotopic (exact) mass is 379 g/mol. The zero-order valence-electron chi connectivity index (χ0n) is 16.4. The minimum absolute atomic E-state index is 0.343. The fourth-order valence-corrected chi connectivity index (χ4v) is 5.13. The largest absolute Gasteiger partial charge is 0.343 e. The summed E-state index contributed by atoms with van der Waals surface area (Å²) in [6, 6.07) is 8.70. The lowest BCUT2D eigenvalue weighted by Crippen LogP contribution is -2.40. The summed E-state index contributed by atoms with van der Waals surface area (Å²) in [5.41, 5.74) is 2.91. The van der Waals surface area contributed by atoms with Crippen LogP contribution in [0.5, 0.6) is 0 Å². The maximum absolute atomic E-state index is 12.9. The van der Waals surface area contributed by atoms with Gasteiger partial charge in [0.15, 0.2) is 0 Å². The van der Waals surface area contributed by atoms with Crippen molar-refractivity contribution in [2.24, 2.45) is 5.92 Å². The van der Waals surface area contributed by atoms with Crippen molar-refractivity contribution < 1.29 is 4.79 Å². The van der Waals surface area contributed by atoms with Gasteiger partial charge in [-0.1, -0.05) is 24.3 Å². The molecule has 1 aliphatic carbocycles. The zero-order valence-corrected chi connectivity index (χ0v) is 16.4. The molecule has 1 aromatic heterocycles. The molecule has 1 fully saturated rings. The SMILES string of the molecule is O=C(CC1CCc2ccccc2C1)N1CCC(c2nnc3n2CCNC3)CC1. The molecule has 5 rings (SSSR count). The van der Waals surface area contributed by atoms with Crippen LogP contribution in [-0.2, 0) is 30.7 Å². The highest BCUT2D eigenvalue weighted by molar-refractivity contribution is 5.76. The van der Waals surface area contributed by atoms with E-state index >= 15 is 0 Å². The van der Waals surface area contributed by atoms with Gasteiger partial charge < -0.3 is 14.8 Å². The number of rotatable bonds is 3. The van der Waals surface area contributed by atoms with Crippen molar-refractivity contribution in [2.75, 3.05) is 19.6 Å². The third-order valence-electron chi connectivity index (χ3n) is 6.78. The number of fused-ring (bicyclic) bond motifs is 2. The van der Waals surface area contributed by atoms with E-state index in [1.165, 1.54) is 11.1 Å². The Labute approximate surface area is 166 Å². The van der Waals surface area contributed by atoms with Gasteiger partial charge in [-0.05, 0) is 49.1 Å². The van der Waals surface area contributed by atoms with E-state index in [9.17, 15) is 4.79 Å². The molecule has 0 spiro atoms. The van der Waals surface area contributed by atoms with E-state index in [4.69, 9.17) is 0 Å². The number of amides is 1. The van der Waals surface area contributed by atoms with E-state index in [0.29, 0.717) is 24.2 Å². The molecule has 0 saturated carbocycles. The van der Waals surface area contributed by atoms with Crippen molar-refractivity contribution >= 4 is 5.91 Å². The quantitative estimate of drug-likeness (QED) is 0.889. The number of likely N-dealkylation sites (tertiary alicyclic amines) is 1. The van der Waals surface area contributed by atoms with Crippen molar-refractivity contribution in [3.8, 4) is 0 Å². The zero-order chi connectivity index (χ0) is 18.9. The van der Waals surface area contributed by atoms with E-state index in [-0.39, 0.29) is 0 Å². The number of benzene rings is 1. The van der Waals surface area contributed by atoms with Crippen LogP contribution in [0.25, 0.3) is 0 Å². The summed E-state index contributed by atoms with van der Waals surface area (Å²) in [5, 5.41) is 12.2. The van der Waals surface area contributed by atoms with Crippen LogP contribution in [0.3, 0.4) is 0 Å². The Hall–Kier alpha value is -2.21. The summed E-state index contributed by atoms with van der Waals surface area (Å²) < 4.78 is 2.29. The van der Waals surface area contributed by atoms with Crippen LogP contribution in [0.2, 0.25) is 0 Å². The smallest absolute Gasteiger partial charge is 0.222 e. The molecule has 1 N–H and O–H groups in total. The number of nitrogens with one attached hydrogen (secondary N) is 1. The Balaban J connectivity index is 1.16. The van der Waals surface area contributed by atoms with E-state index in [1.54, 1.807) is 0 Å². The highest BCUT2D eigenvalue weighted by Gasteiger charge is 2.30. The maximum Gasteiger partial charge on any atom is 0.222 e. The molecule has 148 valence electrons. The molecule has 1 saturated heterocycles. The first-order valence-corrected chi connectivity index (χ1v) is 10.7. The molecule has 28 heavy (non-hydrogen) atoms. The number of carbonyl (C=O) groups excluding carboxylic acids is 1. The summed E-state index contributed by atoms with van der Waals surface area (Å²) in [6.45, 7) is 4.47. The fraction of sp³-hybridized carbons (Fsp3) is 0.591. The molecule has 1 atom stereocenters. The number of piperidine rings is 1. The standard InChI is InChI=1S/C22H29N5O/c28-21(14-16-5-6-17-3-1-2-4-19(17)13-16)26-10-7-18(8-11-26)22-25-24-20-15-23-9-12-27(20)22/h1-4,16,18,23H,5-15H2. The maximum atomic E-state index is 12.9. The lowest BCUT2D eigenvalue weighted by atomic mass is 9.82. The van der Waals surface area contributed by atoms with Crippen LogP contribution in [0.4, 0.5) is 0 Å². The van der Waals surface area contributed by atoms with Gasteiger partial charge in [-0.3, -0.25) is 4.79 Å². The van der Waals surface area contributed by atoms with Gasteiger partial charge in [0.2, 0.25) is 5.91 Å². The summed E-state index contributed by atoms with van der Waals surface area (Å²) >= 11 is 0. The fourth-order valence-electron chi connectivity index (χ4n) is 5.13. The van der Waals surface area contributed by atoms with Gasteiger partial charge in [-0.2, -0.15) is 0 Å². The van der Waals surface area contributed by atoms with Crippen molar-refractivity contribution in [3.05, 3.63) is 47.0 Å². The third-order valence-corrected chi connectivity index (χ3v) is 6.78. The van der Waals surface area contributed by atoms with E-state index in [1.807, 2.05) is 0 Å². The van der Waals surface area contributed by atoms with Crippen LogP contribution in [0.15, 0.2) is 24.3 Å². The van der Waals surface area contributed by atoms with Gasteiger partial charge in [0.25, 0.3) is 0 Å². The Morgan fingerprint density at radius 2 is 1.89 bits per heavy atom. The first kappa shape index (κ1) is 17.9. The van der Waals surface area contributed by atoms with Gasteiger partial charge in [-0.25, -0.2) is 0 Å². The number of carbonyl (C=O) groups is 1. The molecule has 3 heterocycles. The Morgan fingerprint density at radius 1 is 1.07 bits per heavy atom. The highest BCUT2D eigenvalue weighted by Crippen LogP contribution is 2.31. The Bertz CT molecular complexity index is 852. The third kappa shape index (κ3) is 3.46. The molecule has 1 amide bonds. The number of aromatic nitrogens is 3. The number of aryl methyl sites for hydroxylation is 1. The molecular formula is C22H29N5O. The molecule has 1 unspecified atom stereocenters. The van der Waals surface area contributed by atoms with Crippen molar-refractivity contribution in [1.29, 1.82) is 0 Å². The topological polar surface area (TPSA) is 63.1 Å². The minimum Gasteiger partial charge on any atom is -0.343 e. The summed E-state index contributed by atoms with van der Waals surface area (Å²) in [4.78, 5) is 15.0. The van der Waals surface area contributed by atoms with E-state index in [0.717, 1.165) is 76.5 Å². The number of nitrogens with zero attached hydrogens (tertiary/aromatic N) is 4.